The topological polar surface area (TPSA) is 65.9 Å². The summed E-state index contributed by atoms with van der Waals surface area (Å²) in [5, 5.41) is 9.38. The van der Waals surface area contributed by atoms with Gasteiger partial charge in [-0.05, 0) is 50.7 Å². The zero-order valence-corrected chi connectivity index (χ0v) is 11.4. The van der Waals surface area contributed by atoms with E-state index in [-0.39, 0.29) is 6.04 Å². The third kappa shape index (κ3) is 2.19. The van der Waals surface area contributed by atoms with Gasteiger partial charge in [-0.25, -0.2) is 4.98 Å². The van der Waals surface area contributed by atoms with Crippen LogP contribution in [0.15, 0.2) is 6.07 Å². The van der Waals surface area contributed by atoms with Gasteiger partial charge in [-0.15, -0.1) is 0 Å². The number of nitriles is 1. The van der Waals surface area contributed by atoms with E-state index in [9.17, 15) is 5.26 Å². The van der Waals surface area contributed by atoms with Crippen LogP contribution in [-0.2, 0) is 12.8 Å². The maximum Gasteiger partial charge on any atom is 0.147 e. The van der Waals surface area contributed by atoms with Crippen molar-refractivity contribution in [2.45, 2.75) is 51.1 Å². The van der Waals surface area contributed by atoms with Gasteiger partial charge in [-0.1, -0.05) is 0 Å². The highest BCUT2D eigenvalue weighted by Crippen LogP contribution is 2.30. The maximum atomic E-state index is 9.38. The van der Waals surface area contributed by atoms with Crippen molar-refractivity contribution in [3.8, 4) is 6.07 Å². The summed E-state index contributed by atoms with van der Waals surface area (Å²) in [5.74, 6) is 0.877. The van der Waals surface area contributed by atoms with Crippen LogP contribution in [0.1, 0.15) is 43.0 Å². The van der Waals surface area contributed by atoms with Crippen LogP contribution in [0, 0.1) is 11.3 Å². The number of piperidine rings is 1. The number of fused-ring (bicyclic) bond motifs is 1. The van der Waals surface area contributed by atoms with Crippen LogP contribution in [0.2, 0.25) is 0 Å². The largest absolute Gasteiger partial charge is 0.353 e. The molecule has 3 rings (SSSR count). The van der Waals surface area contributed by atoms with Gasteiger partial charge in [0.1, 0.15) is 11.9 Å². The lowest BCUT2D eigenvalue weighted by Gasteiger charge is -2.37. The molecule has 2 N–H and O–H groups in total. The number of aromatic nitrogens is 1. The molecule has 1 aromatic rings. The molecular formula is C15H20N4. The Balaban J connectivity index is 1.98. The Kier molecular flexibility index (Phi) is 3.16. The smallest absolute Gasteiger partial charge is 0.147 e. The molecule has 2 unspecified atom stereocenters. The Morgan fingerprint density at radius 2 is 2.32 bits per heavy atom. The van der Waals surface area contributed by atoms with E-state index in [2.05, 4.69) is 17.9 Å². The number of aryl methyl sites for hydroxylation is 2. The van der Waals surface area contributed by atoms with Crippen molar-refractivity contribution >= 4 is 5.82 Å². The summed E-state index contributed by atoms with van der Waals surface area (Å²) in [7, 11) is 0. The Bertz CT molecular complexity index is 532. The summed E-state index contributed by atoms with van der Waals surface area (Å²) in [6, 6.07) is 5.01. The second kappa shape index (κ2) is 4.82. The summed E-state index contributed by atoms with van der Waals surface area (Å²) < 4.78 is 0. The molecule has 19 heavy (non-hydrogen) atoms. The molecule has 0 spiro atoms. The Hall–Kier alpha value is -1.60. The summed E-state index contributed by atoms with van der Waals surface area (Å²) in [4.78, 5) is 7.05. The lowest BCUT2D eigenvalue weighted by atomic mass is 9.98. The lowest BCUT2D eigenvalue weighted by Crippen LogP contribution is -2.46. The first-order chi connectivity index (χ1) is 9.19. The highest BCUT2D eigenvalue weighted by atomic mass is 15.2. The van der Waals surface area contributed by atoms with Gasteiger partial charge in [0.2, 0.25) is 0 Å². The molecule has 2 aliphatic rings. The van der Waals surface area contributed by atoms with Gasteiger partial charge in [0, 0.05) is 24.3 Å². The minimum atomic E-state index is 0.284. The molecular weight excluding hydrogens is 236 g/mol. The number of hydrogen-bond donors (Lipinski definition) is 1. The van der Waals surface area contributed by atoms with Gasteiger partial charge >= 0.3 is 0 Å². The van der Waals surface area contributed by atoms with Crippen LogP contribution in [0.3, 0.4) is 0 Å². The Labute approximate surface area is 114 Å². The summed E-state index contributed by atoms with van der Waals surface area (Å²) in [6.07, 6.45) is 5.24. The molecule has 1 aliphatic heterocycles. The molecule has 1 aromatic heterocycles. The average Bonchev–Trinajstić information content (AvgIpc) is 2.84. The molecule has 4 heteroatoms. The molecule has 0 amide bonds. The normalized spacial score (nSPS) is 26.1. The average molecular weight is 256 g/mol. The van der Waals surface area contributed by atoms with Gasteiger partial charge in [0.15, 0.2) is 0 Å². The van der Waals surface area contributed by atoms with Crippen LogP contribution in [0.25, 0.3) is 0 Å². The number of pyridine rings is 1. The lowest BCUT2D eigenvalue weighted by molar-refractivity contribution is 0.427. The quantitative estimate of drug-likeness (QED) is 0.831. The highest BCUT2D eigenvalue weighted by molar-refractivity contribution is 5.57. The zero-order chi connectivity index (χ0) is 13.4. The van der Waals surface area contributed by atoms with E-state index in [0.717, 1.165) is 50.0 Å². The van der Waals surface area contributed by atoms with Crippen LogP contribution in [0.5, 0.6) is 0 Å². The van der Waals surface area contributed by atoms with Gasteiger partial charge in [0.05, 0.1) is 5.56 Å². The number of nitrogens with two attached hydrogens (primary N) is 1. The Morgan fingerprint density at radius 3 is 3.05 bits per heavy atom. The summed E-state index contributed by atoms with van der Waals surface area (Å²) in [5.41, 5.74) is 9.20. The zero-order valence-electron chi connectivity index (χ0n) is 11.4. The predicted molar refractivity (Wildman–Crippen MR) is 75.0 cm³/mol. The van der Waals surface area contributed by atoms with E-state index >= 15 is 0 Å². The second-order valence-electron chi connectivity index (χ2n) is 5.76. The minimum absolute atomic E-state index is 0.284. The van der Waals surface area contributed by atoms with Crippen molar-refractivity contribution in [1.29, 1.82) is 5.26 Å². The number of anilines is 1. The standard InChI is InChI=1S/C15H20N4/c1-10-7-13(17)5-6-19(10)15-12(9-16)8-11-3-2-4-14(11)18-15/h8,10,13H,2-7,17H2,1H3. The molecule has 1 saturated heterocycles. The molecule has 0 bridgehead atoms. The molecule has 2 heterocycles. The molecule has 0 saturated carbocycles. The SMILES string of the molecule is CC1CC(N)CCN1c1nc2c(cc1C#N)CCC2. The molecule has 0 radical (unpaired) electrons. The third-order valence-electron chi connectivity index (χ3n) is 4.34. The van der Waals surface area contributed by atoms with Crippen molar-refractivity contribution < 1.29 is 0 Å². The van der Waals surface area contributed by atoms with Crippen LogP contribution >= 0.6 is 0 Å². The van der Waals surface area contributed by atoms with Gasteiger partial charge < -0.3 is 10.6 Å². The maximum absolute atomic E-state index is 9.38. The van der Waals surface area contributed by atoms with Gasteiger partial charge in [0.25, 0.3) is 0 Å². The molecule has 2 atom stereocenters. The van der Waals surface area contributed by atoms with Gasteiger partial charge in [-0.3, -0.25) is 0 Å². The van der Waals surface area contributed by atoms with Crippen LogP contribution < -0.4 is 10.6 Å². The van der Waals surface area contributed by atoms with E-state index in [1.807, 2.05) is 6.07 Å². The summed E-state index contributed by atoms with van der Waals surface area (Å²) >= 11 is 0. The highest BCUT2D eigenvalue weighted by Gasteiger charge is 2.27. The fourth-order valence-electron chi connectivity index (χ4n) is 3.29. The Morgan fingerprint density at radius 1 is 1.47 bits per heavy atom. The van der Waals surface area contributed by atoms with Crippen LogP contribution in [0.4, 0.5) is 5.82 Å². The first kappa shape index (κ1) is 12.4. The monoisotopic (exact) mass is 256 g/mol. The first-order valence-corrected chi connectivity index (χ1v) is 7.14. The van der Waals surface area contributed by atoms with Crippen molar-refractivity contribution in [3.63, 3.8) is 0 Å². The van der Waals surface area contributed by atoms with Crippen molar-refractivity contribution in [3.05, 3.63) is 22.9 Å². The van der Waals surface area contributed by atoms with Crippen LogP contribution in [-0.4, -0.2) is 23.6 Å². The first-order valence-electron chi connectivity index (χ1n) is 7.14. The molecule has 4 nitrogen and oxygen atoms in total. The minimum Gasteiger partial charge on any atom is -0.353 e. The fraction of sp³-hybridized carbons (Fsp3) is 0.600. The molecule has 100 valence electrons. The van der Waals surface area contributed by atoms with Crippen molar-refractivity contribution in [1.82, 2.24) is 4.98 Å². The molecule has 1 fully saturated rings. The second-order valence-corrected chi connectivity index (χ2v) is 5.76. The number of nitrogens with zero attached hydrogens (tertiary/aromatic N) is 3. The van der Waals surface area contributed by atoms with E-state index in [0.29, 0.717) is 6.04 Å². The fourth-order valence-corrected chi connectivity index (χ4v) is 3.29. The third-order valence-corrected chi connectivity index (χ3v) is 4.34. The summed E-state index contributed by atoms with van der Waals surface area (Å²) in [6.45, 7) is 3.08. The number of rotatable bonds is 1. The van der Waals surface area contributed by atoms with Crippen molar-refractivity contribution in [2.75, 3.05) is 11.4 Å². The van der Waals surface area contributed by atoms with E-state index in [1.165, 1.54) is 11.3 Å². The predicted octanol–water partition coefficient (Wildman–Crippen LogP) is 1.76. The molecule has 0 aromatic carbocycles. The molecule has 1 aliphatic carbocycles. The number of hydrogen-bond acceptors (Lipinski definition) is 4. The van der Waals surface area contributed by atoms with E-state index in [4.69, 9.17) is 10.7 Å². The van der Waals surface area contributed by atoms with Gasteiger partial charge in [-0.2, -0.15) is 5.26 Å². The van der Waals surface area contributed by atoms with Crippen molar-refractivity contribution in [2.24, 2.45) is 5.73 Å². The van der Waals surface area contributed by atoms with E-state index in [1.54, 1.807) is 0 Å². The van der Waals surface area contributed by atoms with E-state index < -0.39 is 0 Å².